The summed E-state index contributed by atoms with van der Waals surface area (Å²) in [4.78, 5) is 0. The maximum absolute atomic E-state index is 6.16. The summed E-state index contributed by atoms with van der Waals surface area (Å²) in [6.07, 6.45) is 4.10. The Morgan fingerprint density at radius 2 is 1.00 bits per heavy atom. The largest absolute Gasteiger partial charge is 0.141 e. The molecular weight excluding hydrogens is 395 g/mol. The highest BCUT2D eigenvalue weighted by molar-refractivity contribution is 6.51. The van der Waals surface area contributed by atoms with Crippen LogP contribution in [0.3, 0.4) is 0 Å². The molecule has 1 aliphatic carbocycles. The Balaban J connectivity index is 0.000000159. The fourth-order valence-electron chi connectivity index (χ4n) is 2.79. The molecule has 27 heavy (non-hydrogen) atoms. The van der Waals surface area contributed by atoms with Crippen LogP contribution in [0, 0.1) is 0 Å². The van der Waals surface area contributed by atoms with Crippen molar-refractivity contribution < 1.29 is 0 Å². The van der Waals surface area contributed by atoms with E-state index in [1.165, 1.54) is 11.1 Å². The molecule has 0 heterocycles. The Morgan fingerprint density at radius 1 is 0.593 bits per heavy atom. The van der Waals surface area contributed by atoms with E-state index in [4.69, 9.17) is 34.8 Å². The molecule has 0 spiro atoms. The smallest absolute Gasteiger partial charge is 0.0966 e. The number of hydrogen-bond acceptors (Lipinski definition) is 0. The highest BCUT2D eigenvalue weighted by atomic mass is 35.5. The summed E-state index contributed by atoms with van der Waals surface area (Å²) in [6, 6.07) is 30.7. The molecule has 4 rings (SSSR count). The molecular formula is C24H19Cl3. The van der Waals surface area contributed by atoms with Crippen molar-refractivity contribution in [2.75, 3.05) is 0 Å². The molecule has 0 atom stereocenters. The normalized spacial score (nSPS) is 15.1. The summed E-state index contributed by atoms with van der Waals surface area (Å²) in [7, 11) is 0. The second-order valence-electron chi connectivity index (χ2n) is 6.19. The van der Waals surface area contributed by atoms with Crippen molar-refractivity contribution in [1.29, 1.82) is 0 Å². The predicted octanol–water partition coefficient (Wildman–Crippen LogP) is 8.12. The maximum Gasteiger partial charge on any atom is 0.141 e. The van der Waals surface area contributed by atoms with Crippen LogP contribution in [0.25, 0.3) is 16.7 Å². The first-order valence-electron chi connectivity index (χ1n) is 8.67. The first-order chi connectivity index (χ1) is 13.1. The van der Waals surface area contributed by atoms with Crippen molar-refractivity contribution >= 4 is 40.4 Å². The first-order valence-corrected chi connectivity index (χ1v) is 9.80. The minimum Gasteiger partial charge on any atom is -0.0966 e. The summed E-state index contributed by atoms with van der Waals surface area (Å²) in [6.45, 7) is 0. The molecule has 3 heteroatoms. The summed E-state index contributed by atoms with van der Waals surface area (Å²) in [5, 5.41) is 0.703. The third-order valence-corrected chi connectivity index (χ3v) is 5.00. The molecule has 0 aliphatic heterocycles. The highest BCUT2D eigenvalue weighted by Gasteiger charge is 2.26. The Bertz CT molecular complexity index is 874. The number of rotatable bonds is 2. The monoisotopic (exact) mass is 412 g/mol. The third-order valence-electron chi connectivity index (χ3n) is 4.14. The predicted molar refractivity (Wildman–Crippen MR) is 119 cm³/mol. The third kappa shape index (κ3) is 5.74. The molecule has 0 N–H and O–H groups in total. The van der Waals surface area contributed by atoms with E-state index in [0.717, 1.165) is 11.1 Å². The Kier molecular flexibility index (Phi) is 6.79. The molecule has 0 saturated heterocycles. The van der Waals surface area contributed by atoms with Crippen LogP contribution in [0.15, 0.2) is 108 Å². The Labute approximate surface area is 175 Å². The standard InChI is InChI=1S/C12H9Cl3.C12H10/c13-11-8-12(14,15)7-6-10(11)9-4-2-1-3-5-9;1-3-7-11(8-4-1)12-9-5-2-6-10-12/h1-7H,8H2;1-10H. The lowest BCUT2D eigenvalue weighted by Gasteiger charge is -2.21. The summed E-state index contributed by atoms with van der Waals surface area (Å²) < 4.78 is -0.866. The van der Waals surface area contributed by atoms with E-state index in [0.29, 0.717) is 11.5 Å². The van der Waals surface area contributed by atoms with Gasteiger partial charge in [-0.15, -0.1) is 0 Å². The van der Waals surface area contributed by atoms with Crippen LogP contribution in [-0.4, -0.2) is 4.33 Å². The molecule has 3 aromatic carbocycles. The van der Waals surface area contributed by atoms with Crippen LogP contribution in [0.4, 0.5) is 0 Å². The Hall–Kier alpha value is -1.99. The lowest BCUT2D eigenvalue weighted by atomic mass is 9.99. The molecule has 0 amide bonds. The van der Waals surface area contributed by atoms with E-state index in [2.05, 4.69) is 48.5 Å². The van der Waals surface area contributed by atoms with Crippen molar-refractivity contribution in [2.45, 2.75) is 10.8 Å². The van der Waals surface area contributed by atoms with Crippen molar-refractivity contribution in [3.05, 3.63) is 114 Å². The van der Waals surface area contributed by atoms with Gasteiger partial charge < -0.3 is 0 Å². The van der Waals surface area contributed by atoms with Gasteiger partial charge in [-0.25, -0.2) is 0 Å². The molecule has 0 saturated carbocycles. The van der Waals surface area contributed by atoms with E-state index in [1.807, 2.05) is 48.5 Å². The molecule has 3 aromatic rings. The molecule has 0 bridgehead atoms. The SMILES string of the molecule is ClC1=C(c2ccccc2)C=CC(Cl)(Cl)C1.c1ccc(-c2ccccc2)cc1. The van der Waals surface area contributed by atoms with Gasteiger partial charge in [-0.2, -0.15) is 0 Å². The fourth-order valence-corrected chi connectivity index (χ4v) is 3.70. The van der Waals surface area contributed by atoms with Crippen molar-refractivity contribution in [1.82, 2.24) is 0 Å². The van der Waals surface area contributed by atoms with Crippen LogP contribution < -0.4 is 0 Å². The maximum atomic E-state index is 6.16. The van der Waals surface area contributed by atoms with Gasteiger partial charge in [0.1, 0.15) is 4.33 Å². The van der Waals surface area contributed by atoms with Gasteiger partial charge in [0.05, 0.1) is 0 Å². The van der Waals surface area contributed by atoms with E-state index < -0.39 is 4.33 Å². The van der Waals surface area contributed by atoms with E-state index in [9.17, 15) is 0 Å². The molecule has 1 aliphatic rings. The van der Waals surface area contributed by atoms with Gasteiger partial charge in [0.15, 0.2) is 0 Å². The quantitative estimate of drug-likeness (QED) is 0.372. The minimum absolute atomic E-state index is 0.457. The second-order valence-corrected chi connectivity index (χ2v) is 8.19. The van der Waals surface area contributed by atoms with Gasteiger partial charge in [-0.1, -0.05) is 132 Å². The molecule has 0 unspecified atom stereocenters. The van der Waals surface area contributed by atoms with Crippen molar-refractivity contribution in [3.63, 3.8) is 0 Å². The Morgan fingerprint density at radius 3 is 1.41 bits per heavy atom. The highest BCUT2D eigenvalue weighted by Crippen LogP contribution is 2.40. The van der Waals surface area contributed by atoms with Gasteiger partial charge >= 0.3 is 0 Å². The lowest BCUT2D eigenvalue weighted by Crippen LogP contribution is -2.12. The average molecular weight is 414 g/mol. The van der Waals surface area contributed by atoms with Gasteiger partial charge in [0.25, 0.3) is 0 Å². The average Bonchev–Trinajstić information content (AvgIpc) is 2.70. The van der Waals surface area contributed by atoms with Gasteiger partial charge in [0.2, 0.25) is 0 Å². The molecule has 0 fully saturated rings. The fraction of sp³-hybridized carbons (Fsp3) is 0.0833. The van der Waals surface area contributed by atoms with Crippen LogP contribution in [0.5, 0.6) is 0 Å². The molecule has 0 nitrogen and oxygen atoms in total. The van der Waals surface area contributed by atoms with Crippen molar-refractivity contribution in [3.8, 4) is 11.1 Å². The molecule has 136 valence electrons. The van der Waals surface area contributed by atoms with Gasteiger partial charge in [-0.3, -0.25) is 0 Å². The van der Waals surface area contributed by atoms with Gasteiger partial charge in [-0.05, 0) is 28.3 Å². The van der Waals surface area contributed by atoms with Crippen molar-refractivity contribution in [2.24, 2.45) is 0 Å². The topological polar surface area (TPSA) is 0 Å². The molecule has 0 radical (unpaired) electrons. The van der Waals surface area contributed by atoms with Crippen LogP contribution in [-0.2, 0) is 0 Å². The second kappa shape index (κ2) is 9.28. The number of allylic oxidation sites excluding steroid dienone is 4. The van der Waals surface area contributed by atoms with Gasteiger partial charge in [0, 0.05) is 11.5 Å². The molecule has 0 aromatic heterocycles. The zero-order valence-corrected chi connectivity index (χ0v) is 16.9. The zero-order valence-electron chi connectivity index (χ0n) is 14.7. The number of alkyl halides is 2. The number of benzene rings is 3. The number of hydrogen-bond donors (Lipinski definition) is 0. The first kappa shape index (κ1) is 19.8. The van der Waals surface area contributed by atoms with Crippen LogP contribution >= 0.6 is 34.8 Å². The van der Waals surface area contributed by atoms with E-state index >= 15 is 0 Å². The summed E-state index contributed by atoms with van der Waals surface area (Å²) in [5.41, 5.74) is 4.63. The zero-order chi connectivity index (χ0) is 19.1. The van der Waals surface area contributed by atoms with Crippen LogP contribution in [0.1, 0.15) is 12.0 Å². The van der Waals surface area contributed by atoms with Crippen LogP contribution in [0.2, 0.25) is 0 Å². The minimum atomic E-state index is -0.866. The summed E-state index contributed by atoms with van der Waals surface area (Å²) >= 11 is 18.1. The summed E-state index contributed by atoms with van der Waals surface area (Å²) in [5.74, 6) is 0. The lowest BCUT2D eigenvalue weighted by molar-refractivity contribution is 0.950. The number of halogens is 3. The van der Waals surface area contributed by atoms with E-state index in [-0.39, 0.29) is 0 Å². The van der Waals surface area contributed by atoms with E-state index in [1.54, 1.807) is 6.08 Å².